The summed E-state index contributed by atoms with van der Waals surface area (Å²) in [6, 6.07) is 0. The minimum atomic E-state index is -3.79. The van der Waals surface area contributed by atoms with Crippen LogP contribution in [0.4, 0.5) is 0 Å². The molecule has 0 aromatic carbocycles. The van der Waals surface area contributed by atoms with E-state index in [0.717, 1.165) is 5.82 Å². The van der Waals surface area contributed by atoms with Crippen molar-refractivity contribution in [3.05, 3.63) is 23.0 Å². The number of aryl methyl sites for hydroxylation is 2. The molecule has 0 aliphatic heterocycles. The Morgan fingerprint density at radius 2 is 1.84 bits per heavy atom. The Morgan fingerprint density at radius 1 is 1.21 bits per heavy atom. The van der Waals surface area contributed by atoms with Crippen LogP contribution in [0.3, 0.4) is 0 Å². The number of hydrogen-bond donors (Lipinski definition) is 0. The van der Waals surface area contributed by atoms with Gasteiger partial charge in [-0.05, 0) is 20.8 Å². The van der Waals surface area contributed by atoms with Crippen LogP contribution < -0.4 is 0 Å². The first kappa shape index (κ1) is 14.0. The topological polar surface area (TPSA) is 82.7 Å². The lowest BCUT2D eigenvalue weighted by molar-refractivity contribution is 0.600. The van der Waals surface area contributed by atoms with Gasteiger partial charge in [-0.2, -0.15) is 5.10 Å². The molecule has 2 aromatic heterocycles. The van der Waals surface area contributed by atoms with Gasteiger partial charge in [0, 0.05) is 17.7 Å². The van der Waals surface area contributed by atoms with E-state index in [1.807, 2.05) is 18.5 Å². The summed E-state index contributed by atoms with van der Waals surface area (Å²) in [6.45, 7) is 5.46. The summed E-state index contributed by atoms with van der Waals surface area (Å²) >= 11 is 0. The molecule has 0 unspecified atom stereocenters. The zero-order valence-corrected chi connectivity index (χ0v) is 12.6. The van der Waals surface area contributed by atoms with Crippen LogP contribution in [0.1, 0.15) is 23.0 Å². The predicted octanol–water partition coefficient (Wildman–Crippen LogP) is 0.913. The van der Waals surface area contributed by atoms with Crippen molar-refractivity contribution in [3.8, 4) is 0 Å². The number of halogens is 1. The summed E-state index contributed by atoms with van der Waals surface area (Å²) in [5.41, 5.74) is 0.875. The van der Waals surface area contributed by atoms with Gasteiger partial charge < -0.3 is 4.57 Å². The number of hydrogen-bond acceptors (Lipinski definition) is 5. The highest BCUT2D eigenvalue weighted by Crippen LogP contribution is 2.23. The Labute approximate surface area is 115 Å². The molecule has 0 radical (unpaired) electrons. The van der Waals surface area contributed by atoms with E-state index in [1.165, 1.54) is 0 Å². The van der Waals surface area contributed by atoms with Crippen molar-refractivity contribution in [1.29, 1.82) is 0 Å². The minimum Gasteiger partial charge on any atom is -0.317 e. The first-order chi connectivity index (χ1) is 8.71. The number of rotatable bonds is 3. The molecule has 2 heterocycles. The maximum atomic E-state index is 11.5. The third-order valence-corrected chi connectivity index (χ3v) is 4.57. The van der Waals surface area contributed by atoms with E-state index in [4.69, 9.17) is 10.7 Å². The van der Waals surface area contributed by atoms with Crippen molar-refractivity contribution < 1.29 is 8.42 Å². The van der Waals surface area contributed by atoms with Gasteiger partial charge in [0.1, 0.15) is 17.3 Å². The van der Waals surface area contributed by atoms with Gasteiger partial charge in [-0.15, -0.1) is 10.2 Å². The molecule has 0 spiro atoms. The average molecular weight is 304 g/mol. The summed E-state index contributed by atoms with van der Waals surface area (Å²) in [6.07, 6.45) is 0. The SMILES string of the molecule is Cc1nn(Cc2nnc(C)n2C)c(C)c1S(=O)(=O)Cl. The Morgan fingerprint density at radius 3 is 2.26 bits per heavy atom. The molecule has 104 valence electrons. The highest BCUT2D eigenvalue weighted by molar-refractivity contribution is 8.13. The van der Waals surface area contributed by atoms with E-state index in [9.17, 15) is 8.42 Å². The highest BCUT2D eigenvalue weighted by atomic mass is 35.7. The lowest BCUT2D eigenvalue weighted by atomic mass is 10.4. The summed E-state index contributed by atoms with van der Waals surface area (Å²) < 4.78 is 26.4. The van der Waals surface area contributed by atoms with Gasteiger partial charge >= 0.3 is 0 Å². The summed E-state index contributed by atoms with van der Waals surface area (Å²) in [5.74, 6) is 1.48. The fourth-order valence-electron chi connectivity index (χ4n) is 1.91. The van der Waals surface area contributed by atoms with Gasteiger partial charge in [0.15, 0.2) is 5.82 Å². The maximum Gasteiger partial charge on any atom is 0.264 e. The van der Waals surface area contributed by atoms with Gasteiger partial charge in [0.2, 0.25) is 0 Å². The first-order valence-electron chi connectivity index (χ1n) is 5.55. The van der Waals surface area contributed by atoms with Crippen LogP contribution in [-0.4, -0.2) is 33.0 Å². The van der Waals surface area contributed by atoms with Gasteiger partial charge in [-0.1, -0.05) is 0 Å². The molecule has 0 saturated carbocycles. The van der Waals surface area contributed by atoms with Crippen molar-refractivity contribution in [3.63, 3.8) is 0 Å². The summed E-state index contributed by atoms with van der Waals surface area (Å²) in [7, 11) is 3.45. The molecule has 0 aliphatic rings. The fraction of sp³-hybridized carbons (Fsp3) is 0.500. The first-order valence-corrected chi connectivity index (χ1v) is 7.86. The highest BCUT2D eigenvalue weighted by Gasteiger charge is 2.23. The van der Waals surface area contributed by atoms with Crippen molar-refractivity contribution in [1.82, 2.24) is 24.5 Å². The Kier molecular flexibility index (Phi) is 3.40. The molecule has 0 atom stereocenters. The molecule has 0 aliphatic carbocycles. The lowest BCUT2D eigenvalue weighted by Crippen LogP contribution is -2.10. The van der Waals surface area contributed by atoms with Crippen LogP contribution in [0.2, 0.25) is 0 Å². The third-order valence-electron chi connectivity index (χ3n) is 3.03. The molecule has 2 aromatic rings. The van der Waals surface area contributed by atoms with Crippen molar-refractivity contribution in [2.75, 3.05) is 0 Å². The van der Waals surface area contributed by atoms with E-state index >= 15 is 0 Å². The van der Waals surface area contributed by atoms with Crippen LogP contribution in [0.15, 0.2) is 4.90 Å². The van der Waals surface area contributed by atoms with E-state index < -0.39 is 9.05 Å². The molecule has 0 N–H and O–H groups in total. The van der Waals surface area contributed by atoms with E-state index in [0.29, 0.717) is 23.8 Å². The van der Waals surface area contributed by atoms with Crippen LogP contribution in [0.5, 0.6) is 0 Å². The van der Waals surface area contributed by atoms with Gasteiger partial charge in [0.25, 0.3) is 9.05 Å². The summed E-state index contributed by atoms with van der Waals surface area (Å²) in [4.78, 5) is 0.0630. The second-order valence-corrected chi connectivity index (χ2v) is 6.82. The fourth-order valence-corrected chi connectivity index (χ4v) is 3.43. The number of nitrogens with zero attached hydrogens (tertiary/aromatic N) is 5. The Balaban J connectivity index is 2.46. The van der Waals surface area contributed by atoms with Gasteiger partial charge in [0.05, 0.1) is 11.4 Å². The summed E-state index contributed by atoms with van der Waals surface area (Å²) in [5, 5.41) is 12.2. The third kappa shape index (κ3) is 2.50. The van der Waals surface area contributed by atoms with Crippen molar-refractivity contribution in [2.24, 2.45) is 7.05 Å². The van der Waals surface area contributed by atoms with E-state index in [-0.39, 0.29) is 4.90 Å². The molecular weight excluding hydrogens is 290 g/mol. The average Bonchev–Trinajstić information content (AvgIpc) is 2.72. The van der Waals surface area contributed by atoms with Crippen LogP contribution in [0.25, 0.3) is 0 Å². The van der Waals surface area contributed by atoms with Crippen LogP contribution in [-0.2, 0) is 22.6 Å². The second-order valence-electron chi connectivity index (χ2n) is 4.32. The molecule has 0 fully saturated rings. The van der Waals surface area contributed by atoms with Crippen molar-refractivity contribution >= 4 is 19.7 Å². The second kappa shape index (κ2) is 4.61. The van der Waals surface area contributed by atoms with E-state index in [1.54, 1.807) is 18.5 Å². The molecule has 0 saturated heterocycles. The van der Waals surface area contributed by atoms with Crippen LogP contribution in [0, 0.1) is 20.8 Å². The Bertz CT molecular complexity index is 731. The molecule has 0 amide bonds. The van der Waals surface area contributed by atoms with Gasteiger partial charge in [-0.3, -0.25) is 4.68 Å². The minimum absolute atomic E-state index is 0.0630. The van der Waals surface area contributed by atoms with Crippen LogP contribution >= 0.6 is 10.7 Å². The molecular formula is C10H14ClN5O2S. The predicted molar refractivity (Wildman–Crippen MR) is 69.6 cm³/mol. The zero-order chi connectivity index (χ0) is 14.4. The van der Waals surface area contributed by atoms with Crippen molar-refractivity contribution in [2.45, 2.75) is 32.2 Å². The monoisotopic (exact) mass is 303 g/mol. The molecule has 19 heavy (non-hydrogen) atoms. The Hall–Kier alpha value is -1.41. The quantitative estimate of drug-likeness (QED) is 0.787. The molecule has 9 heteroatoms. The zero-order valence-electron chi connectivity index (χ0n) is 11.0. The number of aromatic nitrogens is 5. The smallest absolute Gasteiger partial charge is 0.264 e. The molecule has 2 rings (SSSR count). The normalized spacial score (nSPS) is 12.1. The van der Waals surface area contributed by atoms with E-state index in [2.05, 4.69) is 15.3 Å². The standard InChI is InChI=1S/C10H14ClN5O2S/c1-6-10(19(11,17)18)7(2)16(14-6)5-9-13-12-8(3)15(9)4/h5H2,1-4H3. The molecule has 0 bridgehead atoms. The maximum absolute atomic E-state index is 11.5. The lowest BCUT2D eigenvalue weighted by Gasteiger charge is -2.04. The largest absolute Gasteiger partial charge is 0.317 e. The van der Waals surface area contributed by atoms with Gasteiger partial charge in [-0.25, -0.2) is 8.42 Å². The molecule has 7 nitrogen and oxygen atoms in total.